The lowest BCUT2D eigenvalue weighted by atomic mass is 9.90. The Morgan fingerprint density at radius 2 is 1.95 bits per heavy atom. The third kappa shape index (κ3) is 2.47. The normalized spacial score (nSPS) is 27.8. The molecule has 110 valence electrons. The minimum absolute atomic E-state index is 0.0158. The second-order valence-corrected chi connectivity index (χ2v) is 5.80. The van der Waals surface area contributed by atoms with Crippen molar-refractivity contribution in [2.45, 2.75) is 39.7 Å². The maximum atomic E-state index is 12.6. The quantitative estimate of drug-likeness (QED) is 0.854. The largest absolute Gasteiger partial charge is 0.332 e. The summed E-state index contributed by atoms with van der Waals surface area (Å²) < 4.78 is 0. The molecule has 3 nitrogen and oxygen atoms in total. The molecule has 2 fully saturated rings. The number of nitrogens with one attached hydrogen (secondary N) is 1. The molecule has 2 aliphatic rings. The first-order chi connectivity index (χ1) is 9.61. The Morgan fingerprint density at radius 3 is 2.60 bits per heavy atom. The van der Waals surface area contributed by atoms with E-state index in [1.54, 1.807) is 0 Å². The molecule has 0 aliphatic carbocycles. The number of fused-ring (bicyclic) bond motifs is 1. The number of carbonyl (C=O) groups is 1. The highest BCUT2D eigenvalue weighted by Gasteiger charge is 2.49. The van der Waals surface area contributed by atoms with Crippen LogP contribution in [0, 0.1) is 12.8 Å². The van der Waals surface area contributed by atoms with Crippen molar-refractivity contribution in [1.29, 1.82) is 0 Å². The molecule has 0 bridgehead atoms. The van der Waals surface area contributed by atoms with E-state index in [2.05, 4.69) is 17.1 Å². The third-order valence-corrected chi connectivity index (χ3v) is 4.61. The van der Waals surface area contributed by atoms with Crippen LogP contribution >= 0.6 is 0 Å². The summed E-state index contributed by atoms with van der Waals surface area (Å²) in [6.07, 6.45) is 1.13. The van der Waals surface area contributed by atoms with Crippen LogP contribution in [0.4, 0.5) is 0 Å². The van der Waals surface area contributed by atoms with Crippen molar-refractivity contribution < 1.29 is 4.79 Å². The highest BCUT2D eigenvalue weighted by Crippen LogP contribution is 2.38. The molecule has 2 heterocycles. The SMILES string of the molecule is CC.Cc1ccc(C(=O)N2CCC3CNCC32C)cc1. The second-order valence-electron chi connectivity index (χ2n) is 5.80. The molecule has 2 atom stereocenters. The van der Waals surface area contributed by atoms with Crippen LogP contribution in [0.15, 0.2) is 24.3 Å². The fourth-order valence-electron chi connectivity index (χ4n) is 3.32. The lowest BCUT2D eigenvalue weighted by Crippen LogP contribution is -2.49. The average Bonchev–Trinajstić information content (AvgIpc) is 2.97. The Hall–Kier alpha value is -1.35. The minimum atomic E-state index is 0.0158. The van der Waals surface area contributed by atoms with Gasteiger partial charge in [0.2, 0.25) is 0 Å². The van der Waals surface area contributed by atoms with Crippen LogP contribution in [0.2, 0.25) is 0 Å². The molecule has 2 saturated heterocycles. The van der Waals surface area contributed by atoms with Crippen molar-refractivity contribution in [3.63, 3.8) is 0 Å². The summed E-state index contributed by atoms with van der Waals surface area (Å²) >= 11 is 0. The van der Waals surface area contributed by atoms with Gasteiger partial charge in [-0.1, -0.05) is 31.5 Å². The first-order valence-corrected chi connectivity index (χ1v) is 7.70. The van der Waals surface area contributed by atoms with Gasteiger partial charge < -0.3 is 10.2 Å². The van der Waals surface area contributed by atoms with Crippen molar-refractivity contribution >= 4 is 5.91 Å². The smallest absolute Gasteiger partial charge is 0.254 e. The summed E-state index contributed by atoms with van der Waals surface area (Å²) in [5.74, 6) is 0.801. The number of nitrogens with zero attached hydrogens (tertiary/aromatic N) is 1. The molecule has 1 N–H and O–H groups in total. The van der Waals surface area contributed by atoms with Crippen molar-refractivity contribution in [1.82, 2.24) is 10.2 Å². The maximum absolute atomic E-state index is 12.6. The molecule has 2 unspecified atom stereocenters. The number of likely N-dealkylation sites (tertiary alicyclic amines) is 1. The van der Waals surface area contributed by atoms with E-state index in [0.717, 1.165) is 31.6 Å². The van der Waals surface area contributed by atoms with E-state index in [1.165, 1.54) is 5.56 Å². The lowest BCUT2D eigenvalue weighted by Gasteiger charge is -2.34. The van der Waals surface area contributed by atoms with Crippen LogP contribution in [-0.4, -0.2) is 36.0 Å². The molecule has 0 aromatic heterocycles. The van der Waals surface area contributed by atoms with Crippen LogP contribution in [-0.2, 0) is 0 Å². The van der Waals surface area contributed by atoms with Gasteiger partial charge in [-0.2, -0.15) is 0 Å². The number of amides is 1. The number of benzene rings is 1. The van der Waals surface area contributed by atoms with Crippen molar-refractivity contribution in [3.8, 4) is 0 Å². The van der Waals surface area contributed by atoms with E-state index >= 15 is 0 Å². The van der Waals surface area contributed by atoms with Gasteiger partial charge in [0.25, 0.3) is 5.91 Å². The van der Waals surface area contributed by atoms with Gasteiger partial charge in [0.05, 0.1) is 5.54 Å². The molecule has 3 heteroatoms. The summed E-state index contributed by atoms with van der Waals surface area (Å²) in [6, 6.07) is 7.90. The van der Waals surface area contributed by atoms with Crippen molar-refractivity contribution in [2.75, 3.05) is 19.6 Å². The number of hydrogen-bond donors (Lipinski definition) is 1. The first kappa shape index (κ1) is 15.0. The Morgan fingerprint density at radius 1 is 1.30 bits per heavy atom. The first-order valence-electron chi connectivity index (χ1n) is 7.70. The van der Waals surface area contributed by atoms with Crippen molar-refractivity contribution in [2.24, 2.45) is 5.92 Å². The van der Waals surface area contributed by atoms with E-state index in [0.29, 0.717) is 5.92 Å². The van der Waals surface area contributed by atoms with Gasteiger partial charge in [0, 0.05) is 25.2 Å². The highest BCUT2D eigenvalue weighted by atomic mass is 16.2. The predicted octanol–water partition coefficient (Wildman–Crippen LogP) is 2.85. The molecule has 0 radical (unpaired) electrons. The van der Waals surface area contributed by atoms with E-state index < -0.39 is 0 Å². The fraction of sp³-hybridized carbons (Fsp3) is 0.588. The molecule has 0 saturated carbocycles. The van der Waals surface area contributed by atoms with Crippen molar-refractivity contribution in [3.05, 3.63) is 35.4 Å². The zero-order valence-corrected chi connectivity index (χ0v) is 13.1. The zero-order valence-electron chi connectivity index (χ0n) is 13.1. The number of carbonyl (C=O) groups excluding carboxylic acids is 1. The fourth-order valence-corrected chi connectivity index (χ4v) is 3.32. The zero-order chi connectivity index (χ0) is 14.8. The van der Waals surface area contributed by atoms with E-state index in [1.807, 2.05) is 45.0 Å². The predicted molar refractivity (Wildman–Crippen MR) is 82.9 cm³/mol. The van der Waals surface area contributed by atoms with Crippen LogP contribution in [0.25, 0.3) is 0 Å². The Bertz CT molecular complexity index is 468. The standard InChI is InChI=1S/C15H20N2O.C2H6/c1-11-3-5-12(6-4-11)14(18)17-8-7-13-9-16-10-15(13,17)2;1-2/h3-6,13,16H,7-10H2,1-2H3;1-2H3. The topological polar surface area (TPSA) is 32.3 Å². The summed E-state index contributed by atoms with van der Waals surface area (Å²) in [5, 5.41) is 3.42. The lowest BCUT2D eigenvalue weighted by molar-refractivity contribution is 0.0621. The number of aryl methyl sites for hydroxylation is 1. The Labute approximate surface area is 122 Å². The monoisotopic (exact) mass is 274 g/mol. The number of rotatable bonds is 1. The molecule has 3 rings (SSSR count). The van der Waals surface area contributed by atoms with Crippen LogP contribution in [0.3, 0.4) is 0 Å². The molecular formula is C17H26N2O. The van der Waals surface area contributed by atoms with E-state index in [-0.39, 0.29) is 11.4 Å². The summed E-state index contributed by atoms with van der Waals surface area (Å²) in [6.45, 7) is 11.1. The summed E-state index contributed by atoms with van der Waals surface area (Å²) in [4.78, 5) is 14.7. The van der Waals surface area contributed by atoms with Gasteiger partial charge in [0.1, 0.15) is 0 Å². The van der Waals surface area contributed by atoms with E-state index in [9.17, 15) is 4.79 Å². The van der Waals surface area contributed by atoms with Gasteiger partial charge in [-0.15, -0.1) is 0 Å². The highest BCUT2D eigenvalue weighted by molar-refractivity contribution is 5.95. The number of hydrogen-bond acceptors (Lipinski definition) is 2. The van der Waals surface area contributed by atoms with Crippen LogP contribution in [0.1, 0.15) is 43.1 Å². The van der Waals surface area contributed by atoms with Crippen LogP contribution < -0.4 is 5.32 Å². The molecular weight excluding hydrogens is 248 g/mol. The van der Waals surface area contributed by atoms with Gasteiger partial charge in [-0.25, -0.2) is 0 Å². The van der Waals surface area contributed by atoms with Crippen LogP contribution in [0.5, 0.6) is 0 Å². The summed E-state index contributed by atoms with van der Waals surface area (Å²) in [5.41, 5.74) is 2.02. The van der Waals surface area contributed by atoms with Gasteiger partial charge in [0.15, 0.2) is 0 Å². The molecule has 1 amide bonds. The third-order valence-electron chi connectivity index (χ3n) is 4.61. The molecule has 0 spiro atoms. The Kier molecular flexibility index (Phi) is 4.48. The summed E-state index contributed by atoms with van der Waals surface area (Å²) in [7, 11) is 0. The molecule has 20 heavy (non-hydrogen) atoms. The Balaban J connectivity index is 0.000000704. The van der Waals surface area contributed by atoms with E-state index in [4.69, 9.17) is 0 Å². The maximum Gasteiger partial charge on any atom is 0.254 e. The van der Waals surface area contributed by atoms with Gasteiger partial charge >= 0.3 is 0 Å². The minimum Gasteiger partial charge on any atom is -0.332 e. The molecule has 2 aliphatic heterocycles. The van der Waals surface area contributed by atoms with Gasteiger partial charge in [-0.05, 0) is 38.3 Å². The molecule has 1 aromatic carbocycles. The molecule has 1 aromatic rings. The second kappa shape index (κ2) is 5.96. The average molecular weight is 274 g/mol. The van der Waals surface area contributed by atoms with Gasteiger partial charge in [-0.3, -0.25) is 4.79 Å².